The number of carboxylic acids is 1. The lowest BCUT2D eigenvalue weighted by Crippen LogP contribution is -2.45. The summed E-state index contributed by atoms with van der Waals surface area (Å²) in [6.07, 6.45) is 3.44. The highest BCUT2D eigenvalue weighted by Crippen LogP contribution is 2.15. The highest BCUT2D eigenvalue weighted by atomic mass is 16.4. The predicted octanol–water partition coefficient (Wildman–Crippen LogP) is 1.64. The number of nitrogens with one attached hydrogen (secondary N) is 2. The van der Waals surface area contributed by atoms with Crippen LogP contribution in [0.4, 0.5) is 5.69 Å². The van der Waals surface area contributed by atoms with Gasteiger partial charge in [-0.25, -0.2) is 4.79 Å². The van der Waals surface area contributed by atoms with Crippen LogP contribution in [-0.2, 0) is 17.9 Å². The molecule has 8 heteroatoms. The fourth-order valence-electron chi connectivity index (χ4n) is 3.54. The summed E-state index contributed by atoms with van der Waals surface area (Å²) in [6, 6.07) is 14.1. The number of piperidine rings is 1. The molecule has 7 N–H and O–H groups in total. The average Bonchev–Trinajstić information content (AvgIpc) is 2.76. The predicted molar refractivity (Wildman–Crippen MR) is 120 cm³/mol. The third kappa shape index (κ3) is 6.48. The van der Waals surface area contributed by atoms with Gasteiger partial charge in [-0.3, -0.25) is 4.79 Å². The molecular formula is C23H29N5O3. The number of benzene rings is 2. The summed E-state index contributed by atoms with van der Waals surface area (Å²) in [5.74, 6) is -0.584. The molecule has 1 aliphatic heterocycles. The first-order chi connectivity index (χ1) is 14.9. The number of nitrogen functional groups attached to an aromatic ring is 1. The van der Waals surface area contributed by atoms with E-state index in [0.29, 0.717) is 30.2 Å². The lowest BCUT2D eigenvalue weighted by Gasteiger charge is -2.34. The summed E-state index contributed by atoms with van der Waals surface area (Å²) in [5.41, 5.74) is 14.7. The molecule has 0 spiro atoms. The highest BCUT2D eigenvalue weighted by molar-refractivity contribution is 5.89. The van der Waals surface area contributed by atoms with E-state index in [4.69, 9.17) is 16.6 Å². The molecule has 2 aromatic rings. The second-order valence-electron chi connectivity index (χ2n) is 7.65. The molecule has 3 rings (SSSR count). The van der Waals surface area contributed by atoms with E-state index in [-0.39, 0.29) is 24.1 Å². The van der Waals surface area contributed by atoms with Gasteiger partial charge in [0.15, 0.2) is 0 Å². The summed E-state index contributed by atoms with van der Waals surface area (Å²) in [5, 5.41) is 15.3. The number of likely N-dealkylation sites (tertiary alicyclic amines) is 1. The van der Waals surface area contributed by atoms with Gasteiger partial charge in [0.1, 0.15) is 5.82 Å². The van der Waals surface area contributed by atoms with Crippen LogP contribution in [0, 0.1) is 0 Å². The van der Waals surface area contributed by atoms with Gasteiger partial charge in [-0.2, -0.15) is 0 Å². The zero-order chi connectivity index (χ0) is 22.2. The first kappa shape index (κ1) is 22.2. The number of nitrogens with two attached hydrogens (primary N) is 2. The van der Waals surface area contributed by atoms with Crippen molar-refractivity contribution in [2.24, 2.45) is 5.73 Å². The number of amides is 1. The van der Waals surface area contributed by atoms with Crippen LogP contribution in [0.25, 0.3) is 0 Å². The van der Waals surface area contributed by atoms with Gasteiger partial charge in [0, 0.05) is 44.0 Å². The molecule has 0 unspecified atom stereocenters. The van der Waals surface area contributed by atoms with Gasteiger partial charge < -0.3 is 32.1 Å². The molecule has 1 atom stereocenters. The number of hydrogen-bond donors (Lipinski definition) is 5. The molecule has 0 aliphatic carbocycles. The van der Waals surface area contributed by atoms with Crippen LogP contribution in [0.3, 0.4) is 0 Å². The molecule has 1 amide bonds. The van der Waals surface area contributed by atoms with Crippen LogP contribution in [-0.4, -0.2) is 41.0 Å². The first-order valence-electron chi connectivity index (χ1n) is 10.3. The molecule has 0 bridgehead atoms. The van der Waals surface area contributed by atoms with E-state index in [0.717, 1.165) is 24.9 Å². The van der Waals surface area contributed by atoms with E-state index in [1.165, 1.54) is 12.1 Å². The minimum atomic E-state index is -0.999. The molecule has 1 fully saturated rings. The second kappa shape index (κ2) is 10.5. The van der Waals surface area contributed by atoms with E-state index in [1.54, 1.807) is 18.2 Å². The fraction of sp³-hybridized carbons (Fsp3) is 0.304. The van der Waals surface area contributed by atoms with Crippen molar-refractivity contribution in [1.29, 1.82) is 0 Å². The molecule has 0 saturated carbocycles. The molecule has 164 valence electrons. The molecule has 31 heavy (non-hydrogen) atoms. The average molecular weight is 424 g/mol. The Bertz CT molecular complexity index is 960. The van der Waals surface area contributed by atoms with Crippen molar-refractivity contribution in [3.63, 3.8) is 0 Å². The summed E-state index contributed by atoms with van der Waals surface area (Å²) in [6.45, 7) is 2.19. The largest absolute Gasteiger partial charge is 0.478 e. The first-order valence-corrected chi connectivity index (χ1v) is 10.3. The van der Waals surface area contributed by atoms with Crippen molar-refractivity contribution in [3.8, 4) is 0 Å². The minimum absolute atomic E-state index is 0.0579. The summed E-state index contributed by atoms with van der Waals surface area (Å²) >= 11 is 0. The zero-order valence-electron chi connectivity index (χ0n) is 17.4. The third-order valence-corrected chi connectivity index (χ3v) is 5.22. The van der Waals surface area contributed by atoms with Crippen molar-refractivity contribution in [2.45, 2.75) is 32.0 Å². The Morgan fingerprint density at radius 3 is 2.68 bits per heavy atom. The van der Waals surface area contributed by atoms with Gasteiger partial charge >= 0.3 is 5.97 Å². The lowest BCUT2D eigenvalue weighted by atomic mass is 10.1. The summed E-state index contributed by atoms with van der Waals surface area (Å²) in [4.78, 5) is 25.8. The molecule has 2 aromatic carbocycles. The van der Waals surface area contributed by atoms with E-state index in [2.05, 4.69) is 15.5 Å². The number of aromatic carboxylic acids is 1. The van der Waals surface area contributed by atoms with Crippen molar-refractivity contribution in [3.05, 3.63) is 77.1 Å². The molecule has 8 nitrogen and oxygen atoms in total. The van der Waals surface area contributed by atoms with E-state index in [1.807, 2.05) is 24.3 Å². The molecule has 1 aliphatic rings. The molecule has 1 heterocycles. The standard InChI is InChI=1S/C23H29N5O3/c24-19-8-4-10-28(15-19)21(26-14-18-6-1-2-9-20(18)25)12-22(29)27-13-16-5-3-7-17(11-16)23(30)31/h1-3,5-7,9,11-12,19,26H,4,8,10,13-15,24-25H2,(H,27,29)(H,30,31)/b21-12+/t19-/m1/s1. The van der Waals surface area contributed by atoms with Crippen LogP contribution >= 0.6 is 0 Å². The number of nitrogens with zero attached hydrogens (tertiary/aromatic N) is 1. The van der Waals surface area contributed by atoms with Crippen LogP contribution in [0.2, 0.25) is 0 Å². The Hall–Kier alpha value is -3.52. The van der Waals surface area contributed by atoms with E-state index in [9.17, 15) is 9.59 Å². The maximum absolute atomic E-state index is 12.6. The fourth-order valence-corrected chi connectivity index (χ4v) is 3.54. The zero-order valence-corrected chi connectivity index (χ0v) is 17.4. The maximum Gasteiger partial charge on any atom is 0.335 e. The molecule has 0 radical (unpaired) electrons. The monoisotopic (exact) mass is 423 g/mol. The number of para-hydroxylation sites is 1. The van der Waals surface area contributed by atoms with Gasteiger partial charge in [0.2, 0.25) is 5.91 Å². The lowest BCUT2D eigenvalue weighted by molar-refractivity contribution is -0.116. The van der Waals surface area contributed by atoms with Crippen LogP contribution in [0.5, 0.6) is 0 Å². The second-order valence-corrected chi connectivity index (χ2v) is 7.65. The minimum Gasteiger partial charge on any atom is -0.478 e. The number of carbonyl (C=O) groups excluding carboxylic acids is 1. The SMILES string of the molecule is Nc1ccccc1CN/C(=C\C(=O)NCc1cccc(C(=O)O)c1)N1CCC[C@@H](N)C1. The van der Waals surface area contributed by atoms with E-state index >= 15 is 0 Å². The topological polar surface area (TPSA) is 134 Å². The Morgan fingerprint density at radius 2 is 1.94 bits per heavy atom. The van der Waals surface area contributed by atoms with Gasteiger partial charge in [-0.1, -0.05) is 30.3 Å². The maximum atomic E-state index is 12.6. The van der Waals surface area contributed by atoms with Gasteiger partial charge in [-0.15, -0.1) is 0 Å². The van der Waals surface area contributed by atoms with Crippen LogP contribution in [0.1, 0.15) is 34.3 Å². The molecular weight excluding hydrogens is 394 g/mol. The van der Waals surface area contributed by atoms with Crippen molar-refractivity contribution in [2.75, 3.05) is 18.8 Å². The smallest absolute Gasteiger partial charge is 0.335 e. The number of carbonyl (C=O) groups is 2. The van der Waals surface area contributed by atoms with Gasteiger partial charge in [0.25, 0.3) is 0 Å². The Balaban J connectivity index is 1.69. The molecule has 1 saturated heterocycles. The Labute approximate surface area is 181 Å². The van der Waals surface area contributed by atoms with Crippen molar-refractivity contribution < 1.29 is 14.7 Å². The summed E-state index contributed by atoms with van der Waals surface area (Å²) in [7, 11) is 0. The number of hydrogen-bond acceptors (Lipinski definition) is 6. The summed E-state index contributed by atoms with van der Waals surface area (Å²) < 4.78 is 0. The quantitative estimate of drug-likeness (QED) is 0.322. The van der Waals surface area contributed by atoms with Gasteiger partial charge in [-0.05, 0) is 42.2 Å². The Morgan fingerprint density at radius 1 is 1.13 bits per heavy atom. The van der Waals surface area contributed by atoms with E-state index < -0.39 is 5.97 Å². The van der Waals surface area contributed by atoms with Crippen molar-refractivity contribution in [1.82, 2.24) is 15.5 Å². The van der Waals surface area contributed by atoms with Crippen LogP contribution in [0.15, 0.2) is 60.4 Å². The third-order valence-electron chi connectivity index (χ3n) is 5.22. The normalized spacial score (nSPS) is 16.6. The molecule has 0 aromatic heterocycles. The Kier molecular flexibility index (Phi) is 7.50. The number of rotatable bonds is 8. The number of carboxylic acid groups (broad SMARTS) is 1. The van der Waals surface area contributed by atoms with Crippen LogP contribution < -0.4 is 22.1 Å². The highest BCUT2D eigenvalue weighted by Gasteiger charge is 2.19. The van der Waals surface area contributed by atoms with Crippen molar-refractivity contribution >= 4 is 17.6 Å². The number of anilines is 1. The van der Waals surface area contributed by atoms with Gasteiger partial charge in [0.05, 0.1) is 5.56 Å².